The molecule has 0 bridgehead atoms. The first-order valence-corrected chi connectivity index (χ1v) is 4.86. The van der Waals surface area contributed by atoms with Crippen molar-refractivity contribution in [3.63, 3.8) is 0 Å². The van der Waals surface area contributed by atoms with Gasteiger partial charge in [-0.05, 0) is 12.1 Å². The van der Waals surface area contributed by atoms with Crippen LogP contribution >= 0.6 is 0 Å². The third kappa shape index (κ3) is 1.96. The van der Waals surface area contributed by atoms with Crippen molar-refractivity contribution in [3.8, 4) is 5.75 Å². The quantitative estimate of drug-likeness (QED) is 0.742. The van der Waals surface area contributed by atoms with Crippen LogP contribution in [0.25, 0.3) is 0 Å². The molecule has 4 nitrogen and oxygen atoms in total. The summed E-state index contributed by atoms with van der Waals surface area (Å²) < 4.78 is 5.06. The van der Waals surface area contributed by atoms with Crippen molar-refractivity contribution in [2.24, 2.45) is 0 Å². The molecule has 1 fully saturated rings. The SMILES string of the molecule is COc1ccc(N2CCNCC2)nc1. The first-order chi connectivity index (χ1) is 6.90. The molecule has 0 radical (unpaired) electrons. The van der Waals surface area contributed by atoms with Crippen molar-refractivity contribution in [1.29, 1.82) is 0 Å². The highest BCUT2D eigenvalue weighted by Gasteiger charge is 2.10. The van der Waals surface area contributed by atoms with Crippen LogP contribution in [0, 0.1) is 0 Å². The molecule has 0 amide bonds. The third-order valence-electron chi connectivity index (χ3n) is 2.40. The van der Waals surface area contributed by atoms with E-state index in [1.54, 1.807) is 13.3 Å². The number of aromatic nitrogens is 1. The summed E-state index contributed by atoms with van der Waals surface area (Å²) in [4.78, 5) is 6.62. The van der Waals surface area contributed by atoms with Crippen LogP contribution in [-0.2, 0) is 0 Å². The second-order valence-electron chi connectivity index (χ2n) is 3.29. The Labute approximate surface area is 83.9 Å². The van der Waals surface area contributed by atoms with Gasteiger partial charge in [0.05, 0.1) is 13.3 Å². The molecule has 1 aliphatic heterocycles. The van der Waals surface area contributed by atoms with Crippen LogP contribution in [0.15, 0.2) is 18.3 Å². The number of methoxy groups -OCH3 is 1. The molecule has 1 saturated heterocycles. The van der Waals surface area contributed by atoms with Gasteiger partial charge in [-0.3, -0.25) is 0 Å². The molecule has 76 valence electrons. The van der Waals surface area contributed by atoms with E-state index in [9.17, 15) is 0 Å². The Bertz CT molecular complexity index is 280. The predicted molar refractivity (Wildman–Crippen MR) is 55.9 cm³/mol. The Morgan fingerprint density at radius 1 is 1.36 bits per heavy atom. The van der Waals surface area contributed by atoms with Gasteiger partial charge in [-0.25, -0.2) is 4.98 Å². The van der Waals surface area contributed by atoms with Gasteiger partial charge in [-0.2, -0.15) is 0 Å². The first-order valence-electron chi connectivity index (χ1n) is 4.86. The topological polar surface area (TPSA) is 37.4 Å². The van der Waals surface area contributed by atoms with Gasteiger partial charge in [0.2, 0.25) is 0 Å². The highest BCUT2D eigenvalue weighted by Crippen LogP contribution is 2.15. The van der Waals surface area contributed by atoms with Gasteiger partial charge in [0, 0.05) is 26.2 Å². The van der Waals surface area contributed by atoms with Gasteiger partial charge in [0.1, 0.15) is 11.6 Å². The van der Waals surface area contributed by atoms with Gasteiger partial charge in [-0.1, -0.05) is 0 Å². The molecule has 0 aliphatic carbocycles. The first kappa shape index (κ1) is 9.27. The van der Waals surface area contributed by atoms with E-state index in [4.69, 9.17) is 4.74 Å². The summed E-state index contributed by atoms with van der Waals surface area (Å²) in [5.41, 5.74) is 0. The molecule has 0 atom stereocenters. The Morgan fingerprint density at radius 2 is 2.14 bits per heavy atom. The summed E-state index contributed by atoms with van der Waals surface area (Å²) in [5.74, 6) is 1.84. The van der Waals surface area contributed by atoms with Crippen LogP contribution in [0.1, 0.15) is 0 Å². The second-order valence-corrected chi connectivity index (χ2v) is 3.29. The van der Waals surface area contributed by atoms with Crippen LogP contribution < -0.4 is 15.0 Å². The number of nitrogens with zero attached hydrogens (tertiary/aromatic N) is 2. The van der Waals surface area contributed by atoms with Crippen LogP contribution in [0.5, 0.6) is 5.75 Å². The van der Waals surface area contributed by atoms with E-state index >= 15 is 0 Å². The molecule has 2 heterocycles. The van der Waals surface area contributed by atoms with Crippen LogP contribution in [0.3, 0.4) is 0 Å². The summed E-state index contributed by atoms with van der Waals surface area (Å²) in [5, 5.41) is 3.31. The van der Waals surface area contributed by atoms with Gasteiger partial charge in [0.25, 0.3) is 0 Å². The van der Waals surface area contributed by atoms with Crippen molar-refractivity contribution in [2.45, 2.75) is 0 Å². The zero-order valence-corrected chi connectivity index (χ0v) is 8.36. The maximum atomic E-state index is 5.06. The highest BCUT2D eigenvalue weighted by molar-refractivity contribution is 5.41. The Hall–Kier alpha value is -1.29. The van der Waals surface area contributed by atoms with Gasteiger partial charge in [0.15, 0.2) is 0 Å². The minimum absolute atomic E-state index is 0.809. The molecule has 0 spiro atoms. The Morgan fingerprint density at radius 3 is 2.71 bits per heavy atom. The molecule has 4 heteroatoms. The zero-order chi connectivity index (χ0) is 9.80. The number of pyridine rings is 1. The van der Waals surface area contributed by atoms with Gasteiger partial charge in [-0.15, -0.1) is 0 Å². The van der Waals surface area contributed by atoms with Crippen molar-refractivity contribution in [1.82, 2.24) is 10.3 Å². The number of anilines is 1. The van der Waals surface area contributed by atoms with E-state index in [1.807, 2.05) is 12.1 Å². The molecular formula is C10H15N3O. The Balaban J connectivity index is 2.07. The van der Waals surface area contributed by atoms with Gasteiger partial charge >= 0.3 is 0 Å². The number of nitrogens with one attached hydrogen (secondary N) is 1. The molecule has 1 N–H and O–H groups in total. The predicted octanol–water partition coefficient (Wildman–Crippen LogP) is 0.500. The summed E-state index contributed by atoms with van der Waals surface area (Å²) in [6.07, 6.45) is 1.76. The molecular weight excluding hydrogens is 178 g/mol. The van der Waals surface area contributed by atoms with E-state index in [0.29, 0.717) is 0 Å². The smallest absolute Gasteiger partial charge is 0.137 e. The number of piperazine rings is 1. The summed E-state index contributed by atoms with van der Waals surface area (Å²) in [7, 11) is 1.65. The maximum absolute atomic E-state index is 5.06. The van der Waals surface area contributed by atoms with E-state index in [-0.39, 0.29) is 0 Å². The normalized spacial score (nSPS) is 16.8. The summed E-state index contributed by atoms with van der Waals surface area (Å²) in [6.45, 7) is 4.13. The van der Waals surface area contributed by atoms with Gasteiger partial charge < -0.3 is 15.0 Å². The maximum Gasteiger partial charge on any atom is 0.137 e. The lowest BCUT2D eigenvalue weighted by Crippen LogP contribution is -2.43. The number of rotatable bonds is 2. The molecule has 2 rings (SSSR count). The largest absolute Gasteiger partial charge is 0.495 e. The fraction of sp³-hybridized carbons (Fsp3) is 0.500. The average molecular weight is 193 g/mol. The number of hydrogen-bond acceptors (Lipinski definition) is 4. The van der Waals surface area contributed by atoms with Crippen LogP contribution in [-0.4, -0.2) is 38.3 Å². The van der Waals surface area contributed by atoms with Crippen LogP contribution in [0.2, 0.25) is 0 Å². The van der Waals surface area contributed by atoms with E-state index in [2.05, 4.69) is 15.2 Å². The third-order valence-corrected chi connectivity index (χ3v) is 2.40. The zero-order valence-electron chi connectivity index (χ0n) is 8.36. The van der Waals surface area contributed by atoms with Crippen LogP contribution in [0.4, 0.5) is 5.82 Å². The van der Waals surface area contributed by atoms with E-state index < -0.39 is 0 Å². The standard InChI is InChI=1S/C10H15N3O/c1-14-9-2-3-10(12-8-9)13-6-4-11-5-7-13/h2-3,8,11H,4-7H2,1H3. The lowest BCUT2D eigenvalue weighted by atomic mass is 10.3. The van der Waals surface area contributed by atoms with Crippen molar-refractivity contribution >= 4 is 5.82 Å². The van der Waals surface area contributed by atoms with Crippen molar-refractivity contribution in [3.05, 3.63) is 18.3 Å². The molecule has 0 saturated carbocycles. The van der Waals surface area contributed by atoms with Crippen molar-refractivity contribution < 1.29 is 4.74 Å². The number of ether oxygens (including phenoxy) is 1. The lowest BCUT2D eigenvalue weighted by molar-refractivity contribution is 0.413. The number of hydrogen-bond donors (Lipinski definition) is 1. The molecule has 0 unspecified atom stereocenters. The Kier molecular flexibility index (Phi) is 2.84. The second kappa shape index (κ2) is 4.28. The average Bonchev–Trinajstić information content (AvgIpc) is 2.30. The molecule has 1 aromatic heterocycles. The molecule has 0 aromatic carbocycles. The summed E-state index contributed by atoms with van der Waals surface area (Å²) >= 11 is 0. The minimum Gasteiger partial charge on any atom is -0.495 e. The highest BCUT2D eigenvalue weighted by atomic mass is 16.5. The summed E-state index contributed by atoms with van der Waals surface area (Å²) in [6, 6.07) is 3.95. The minimum atomic E-state index is 0.809. The monoisotopic (exact) mass is 193 g/mol. The fourth-order valence-electron chi connectivity index (χ4n) is 1.57. The molecule has 1 aromatic rings. The molecule has 14 heavy (non-hydrogen) atoms. The van der Waals surface area contributed by atoms with Crippen molar-refractivity contribution in [2.75, 3.05) is 38.2 Å². The van der Waals surface area contributed by atoms with E-state index in [1.165, 1.54) is 0 Å². The molecule has 1 aliphatic rings. The van der Waals surface area contributed by atoms with E-state index in [0.717, 1.165) is 37.7 Å². The fourth-order valence-corrected chi connectivity index (χ4v) is 1.57. The lowest BCUT2D eigenvalue weighted by Gasteiger charge is -2.28.